The molecule has 1 aliphatic rings. The standard InChI is InChI=1S/C11H15F2N3/c1-7-4-9(15-8(2)14-7)16-10(3)5-11(12,13)6-10/h4H,5-6H2,1-3H3,(H,14,15,16). The van der Waals surface area contributed by atoms with E-state index < -0.39 is 11.5 Å². The van der Waals surface area contributed by atoms with E-state index in [4.69, 9.17) is 0 Å². The lowest BCUT2D eigenvalue weighted by molar-refractivity contribution is -0.109. The highest BCUT2D eigenvalue weighted by Crippen LogP contribution is 2.46. The van der Waals surface area contributed by atoms with Crippen LogP contribution in [-0.2, 0) is 0 Å². The number of nitrogens with zero attached hydrogens (tertiary/aromatic N) is 2. The summed E-state index contributed by atoms with van der Waals surface area (Å²) in [7, 11) is 0. The molecule has 3 nitrogen and oxygen atoms in total. The van der Waals surface area contributed by atoms with Crippen molar-refractivity contribution in [2.75, 3.05) is 5.32 Å². The summed E-state index contributed by atoms with van der Waals surface area (Å²) in [5.41, 5.74) is 0.293. The van der Waals surface area contributed by atoms with Crippen LogP contribution < -0.4 is 5.32 Å². The number of halogens is 2. The zero-order valence-corrected chi connectivity index (χ0v) is 9.64. The number of rotatable bonds is 2. The molecule has 1 aliphatic carbocycles. The number of anilines is 1. The highest BCUT2D eigenvalue weighted by molar-refractivity contribution is 5.40. The van der Waals surface area contributed by atoms with Gasteiger partial charge in [-0.2, -0.15) is 0 Å². The molecule has 0 amide bonds. The SMILES string of the molecule is Cc1cc(NC2(C)CC(F)(F)C2)nc(C)n1. The Labute approximate surface area is 93.3 Å². The van der Waals surface area contributed by atoms with Gasteiger partial charge in [0, 0.05) is 30.1 Å². The molecule has 0 aliphatic heterocycles. The van der Waals surface area contributed by atoms with E-state index in [-0.39, 0.29) is 12.8 Å². The van der Waals surface area contributed by atoms with Gasteiger partial charge in [-0.15, -0.1) is 0 Å². The van der Waals surface area contributed by atoms with Crippen LogP contribution in [0.4, 0.5) is 14.6 Å². The second-order valence-corrected chi connectivity index (χ2v) is 4.84. The molecule has 16 heavy (non-hydrogen) atoms. The summed E-state index contributed by atoms with van der Waals surface area (Å²) in [5.74, 6) is -1.25. The summed E-state index contributed by atoms with van der Waals surface area (Å²) < 4.78 is 25.6. The van der Waals surface area contributed by atoms with Crippen molar-refractivity contribution >= 4 is 5.82 Å². The Morgan fingerprint density at radius 2 is 1.88 bits per heavy atom. The van der Waals surface area contributed by atoms with Crippen LogP contribution in [0.1, 0.15) is 31.3 Å². The molecule has 1 fully saturated rings. The lowest BCUT2D eigenvalue weighted by Gasteiger charge is -2.45. The molecule has 1 saturated carbocycles. The topological polar surface area (TPSA) is 37.8 Å². The fraction of sp³-hybridized carbons (Fsp3) is 0.636. The number of aromatic nitrogens is 2. The summed E-state index contributed by atoms with van der Waals surface area (Å²) >= 11 is 0. The number of nitrogens with one attached hydrogen (secondary N) is 1. The van der Waals surface area contributed by atoms with E-state index in [2.05, 4.69) is 15.3 Å². The van der Waals surface area contributed by atoms with Gasteiger partial charge in [-0.25, -0.2) is 18.7 Å². The molecule has 0 radical (unpaired) electrons. The van der Waals surface area contributed by atoms with Gasteiger partial charge in [-0.3, -0.25) is 0 Å². The van der Waals surface area contributed by atoms with Crippen molar-refractivity contribution in [2.45, 2.75) is 45.1 Å². The van der Waals surface area contributed by atoms with E-state index in [1.54, 1.807) is 19.9 Å². The largest absolute Gasteiger partial charge is 0.364 e. The van der Waals surface area contributed by atoms with E-state index in [1.807, 2.05) is 6.92 Å². The van der Waals surface area contributed by atoms with E-state index in [0.717, 1.165) is 5.69 Å². The van der Waals surface area contributed by atoms with E-state index in [0.29, 0.717) is 11.6 Å². The van der Waals surface area contributed by atoms with Crippen molar-refractivity contribution < 1.29 is 8.78 Å². The first-order valence-corrected chi connectivity index (χ1v) is 5.26. The molecule has 1 aromatic heterocycles. The second-order valence-electron chi connectivity index (χ2n) is 4.84. The lowest BCUT2D eigenvalue weighted by Crippen LogP contribution is -2.54. The van der Waals surface area contributed by atoms with Gasteiger partial charge < -0.3 is 5.32 Å². The van der Waals surface area contributed by atoms with Gasteiger partial charge in [0.25, 0.3) is 5.92 Å². The number of hydrogen-bond acceptors (Lipinski definition) is 3. The molecule has 0 bridgehead atoms. The Morgan fingerprint density at radius 3 is 2.38 bits per heavy atom. The highest BCUT2D eigenvalue weighted by Gasteiger charge is 2.53. The maximum Gasteiger partial charge on any atom is 0.252 e. The number of alkyl halides is 2. The molecule has 1 aromatic rings. The number of hydrogen-bond donors (Lipinski definition) is 1. The Bertz CT molecular complexity index is 389. The predicted molar refractivity (Wildman–Crippen MR) is 57.7 cm³/mol. The third-order valence-electron chi connectivity index (χ3n) is 2.69. The molecule has 0 aromatic carbocycles. The molecule has 5 heteroatoms. The fourth-order valence-corrected chi connectivity index (χ4v) is 2.27. The average Bonchev–Trinajstić information content (AvgIpc) is 1.95. The van der Waals surface area contributed by atoms with Crippen molar-refractivity contribution in [3.05, 3.63) is 17.6 Å². The summed E-state index contributed by atoms with van der Waals surface area (Å²) in [6.07, 6.45) is -0.274. The van der Waals surface area contributed by atoms with Crippen LogP contribution in [0.2, 0.25) is 0 Å². The summed E-state index contributed by atoms with van der Waals surface area (Å²) in [6.45, 7) is 5.44. The van der Waals surface area contributed by atoms with Crippen LogP contribution in [0.3, 0.4) is 0 Å². The van der Waals surface area contributed by atoms with Crippen LogP contribution in [0.25, 0.3) is 0 Å². The third-order valence-corrected chi connectivity index (χ3v) is 2.69. The van der Waals surface area contributed by atoms with Crippen LogP contribution in [-0.4, -0.2) is 21.4 Å². The van der Waals surface area contributed by atoms with E-state index in [1.165, 1.54) is 0 Å². The van der Waals surface area contributed by atoms with Gasteiger partial charge in [0.1, 0.15) is 11.6 Å². The normalized spacial score (nSPS) is 21.3. The van der Waals surface area contributed by atoms with Crippen LogP contribution in [0.5, 0.6) is 0 Å². The first-order valence-electron chi connectivity index (χ1n) is 5.26. The molecule has 1 N–H and O–H groups in total. The van der Waals surface area contributed by atoms with Gasteiger partial charge >= 0.3 is 0 Å². The minimum absolute atomic E-state index is 0.137. The van der Waals surface area contributed by atoms with E-state index >= 15 is 0 Å². The maximum absolute atomic E-state index is 12.8. The predicted octanol–water partition coefficient (Wildman–Crippen LogP) is 2.69. The molecule has 88 valence electrons. The summed E-state index contributed by atoms with van der Waals surface area (Å²) in [4.78, 5) is 8.32. The molecule has 0 spiro atoms. The second kappa shape index (κ2) is 3.37. The molecule has 2 rings (SSSR count). The van der Waals surface area contributed by atoms with Crippen molar-refractivity contribution in [2.24, 2.45) is 0 Å². The minimum atomic E-state index is -2.53. The van der Waals surface area contributed by atoms with Crippen molar-refractivity contribution in [1.82, 2.24) is 9.97 Å². The van der Waals surface area contributed by atoms with Gasteiger partial charge in [-0.1, -0.05) is 0 Å². The summed E-state index contributed by atoms with van der Waals surface area (Å²) in [6, 6.07) is 1.77. The van der Waals surface area contributed by atoms with Crippen molar-refractivity contribution in [1.29, 1.82) is 0 Å². The Balaban J connectivity index is 2.10. The van der Waals surface area contributed by atoms with E-state index in [9.17, 15) is 8.78 Å². The molecule has 1 heterocycles. The zero-order valence-electron chi connectivity index (χ0n) is 9.64. The van der Waals surface area contributed by atoms with Crippen molar-refractivity contribution in [3.8, 4) is 0 Å². The smallest absolute Gasteiger partial charge is 0.252 e. The maximum atomic E-state index is 12.8. The molecule has 0 unspecified atom stereocenters. The first kappa shape index (κ1) is 11.2. The van der Waals surface area contributed by atoms with Crippen LogP contribution in [0.15, 0.2) is 6.07 Å². The van der Waals surface area contributed by atoms with Gasteiger partial charge in [0.05, 0.1) is 0 Å². The summed E-state index contributed by atoms with van der Waals surface area (Å²) in [5, 5.41) is 3.06. The Kier molecular flexibility index (Phi) is 2.36. The number of aryl methyl sites for hydroxylation is 2. The van der Waals surface area contributed by atoms with Crippen molar-refractivity contribution in [3.63, 3.8) is 0 Å². The van der Waals surface area contributed by atoms with Gasteiger partial charge in [0.2, 0.25) is 0 Å². The molecule has 0 saturated heterocycles. The zero-order chi connectivity index (χ0) is 12.0. The monoisotopic (exact) mass is 227 g/mol. The van der Waals surface area contributed by atoms with Crippen LogP contribution >= 0.6 is 0 Å². The third kappa shape index (κ3) is 2.28. The van der Waals surface area contributed by atoms with Gasteiger partial charge in [0.15, 0.2) is 0 Å². The minimum Gasteiger partial charge on any atom is -0.364 e. The Hall–Kier alpha value is -1.26. The van der Waals surface area contributed by atoms with Gasteiger partial charge in [-0.05, 0) is 20.8 Å². The fourth-order valence-electron chi connectivity index (χ4n) is 2.27. The first-order chi connectivity index (χ1) is 7.28. The molecular formula is C11H15F2N3. The molecular weight excluding hydrogens is 212 g/mol. The van der Waals surface area contributed by atoms with Crippen LogP contribution in [0, 0.1) is 13.8 Å². The molecule has 0 atom stereocenters. The quantitative estimate of drug-likeness (QED) is 0.844. The lowest BCUT2D eigenvalue weighted by atomic mass is 9.75. The average molecular weight is 227 g/mol. The Morgan fingerprint density at radius 1 is 1.25 bits per heavy atom. The highest BCUT2D eigenvalue weighted by atomic mass is 19.3.